The number of aliphatic hydroxyl groups is 2. The van der Waals surface area contributed by atoms with E-state index in [0.717, 1.165) is 6.42 Å². The average molecular weight is 236 g/mol. The number of carbonyl (C=O) groups excluding carboxylic acids is 1. The highest BCUT2D eigenvalue weighted by Gasteiger charge is 2.33. The van der Waals surface area contributed by atoms with Gasteiger partial charge in [-0.1, -0.05) is 18.2 Å². The summed E-state index contributed by atoms with van der Waals surface area (Å²) in [6, 6.07) is 8.64. The zero-order chi connectivity index (χ0) is 12.3. The number of carbonyl (C=O) groups is 1. The second-order valence-electron chi connectivity index (χ2n) is 4.30. The monoisotopic (exact) mass is 236 g/mol. The van der Waals surface area contributed by atoms with Gasteiger partial charge in [0, 0.05) is 0 Å². The molecule has 0 bridgehead atoms. The molecule has 2 rings (SSSR count). The molecular weight excluding hydrogens is 220 g/mol. The van der Waals surface area contributed by atoms with E-state index in [2.05, 4.69) is 0 Å². The van der Waals surface area contributed by atoms with Crippen molar-refractivity contribution in [1.82, 2.24) is 0 Å². The molecule has 4 heteroatoms. The molecule has 1 aromatic rings. The minimum absolute atomic E-state index is 0.455. The third-order valence-corrected chi connectivity index (χ3v) is 3.03. The minimum Gasteiger partial charge on any atom is -0.456 e. The number of rotatable bonds is 2. The summed E-state index contributed by atoms with van der Waals surface area (Å²) in [5.74, 6) is -0.455. The SMILES string of the molecule is O=C(O[C@@H]1CCCC(O)C1O)c1ccccc1. The van der Waals surface area contributed by atoms with Gasteiger partial charge in [0.2, 0.25) is 0 Å². The molecule has 1 fully saturated rings. The summed E-state index contributed by atoms with van der Waals surface area (Å²) in [5, 5.41) is 19.2. The van der Waals surface area contributed by atoms with E-state index in [1.54, 1.807) is 24.3 Å². The highest BCUT2D eigenvalue weighted by Crippen LogP contribution is 2.22. The van der Waals surface area contributed by atoms with Crippen LogP contribution in [0, 0.1) is 0 Å². The molecule has 1 aromatic carbocycles. The second kappa shape index (κ2) is 5.29. The number of hydrogen-bond acceptors (Lipinski definition) is 4. The molecule has 0 aromatic heterocycles. The summed E-state index contributed by atoms with van der Waals surface area (Å²) in [5.41, 5.74) is 0.458. The highest BCUT2D eigenvalue weighted by molar-refractivity contribution is 5.89. The number of benzene rings is 1. The van der Waals surface area contributed by atoms with Crippen LogP contribution in [0.2, 0.25) is 0 Å². The van der Waals surface area contributed by atoms with Gasteiger partial charge in [0.1, 0.15) is 12.2 Å². The van der Waals surface area contributed by atoms with Gasteiger partial charge in [-0.3, -0.25) is 0 Å². The molecule has 4 nitrogen and oxygen atoms in total. The lowest BCUT2D eigenvalue weighted by atomic mass is 9.92. The molecule has 0 heterocycles. The maximum absolute atomic E-state index is 11.8. The second-order valence-corrected chi connectivity index (χ2v) is 4.30. The number of hydrogen-bond donors (Lipinski definition) is 2. The number of ether oxygens (including phenoxy) is 1. The van der Waals surface area contributed by atoms with Gasteiger partial charge in [0.25, 0.3) is 0 Å². The van der Waals surface area contributed by atoms with Crippen LogP contribution < -0.4 is 0 Å². The fourth-order valence-corrected chi connectivity index (χ4v) is 2.03. The van der Waals surface area contributed by atoms with Crippen LogP contribution >= 0.6 is 0 Å². The Kier molecular flexibility index (Phi) is 3.76. The van der Waals surface area contributed by atoms with Crippen LogP contribution in [0.25, 0.3) is 0 Å². The molecule has 92 valence electrons. The first-order valence-corrected chi connectivity index (χ1v) is 5.80. The van der Waals surface area contributed by atoms with Gasteiger partial charge in [-0.15, -0.1) is 0 Å². The lowest BCUT2D eigenvalue weighted by Gasteiger charge is -2.31. The Morgan fingerprint density at radius 1 is 1.18 bits per heavy atom. The quantitative estimate of drug-likeness (QED) is 0.755. The van der Waals surface area contributed by atoms with E-state index in [4.69, 9.17) is 4.74 Å². The lowest BCUT2D eigenvalue weighted by Crippen LogP contribution is -2.43. The average Bonchev–Trinajstić information content (AvgIpc) is 2.36. The molecule has 0 aliphatic heterocycles. The normalized spacial score (nSPS) is 28.7. The summed E-state index contributed by atoms with van der Waals surface area (Å²) >= 11 is 0. The van der Waals surface area contributed by atoms with Gasteiger partial charge >= 0.3 is 5.97 Å². The van der Waals surface area contributed by atoms with E-state index < -0.39 is 24.3 Å². The molecule has 2 N–H and O–H groups in total. The topological polar surface area (TPSA) is 66.8 Å². The lowest BCUT2D eigenvalue weighted by molar-refractivity contribution is -0.0923. The smallest absolute Gasteiger partial charge is 0.338 e. The first kappa shape index (κ1) is 12.1. The van der Waals surface area contributed by atoms with E-state index in [1.807, 2.05) is 6.07 Å². The molecule has 17 heavy (non-hydrogen) atoms. The summed E-state index contributed by atoms with van der Waals surface area (Å²) in [7, 11) is 0. The molecule has 0 saturated heterocycles. The molecule has 2 unspecified atom stereocenters. The van der Waals surface area contributed by atoms with Crippen molar-refractivity contribution in [3.63, 3.8) is 0 Å². The summed E-state index contributed by atoms with van der Waals surface area (Å²) in [6.45, 7) is 0. The van der Waals surface area contributed by atoms with Gasteiger partial charge in [-0.05, 0) is 31.4 Å². The Labute approximate surface area is 99.8 Å². The predicted octanol–water partition coefficient (Wildman–Crippen LogP) is 1.12. The largest absolute Gasteiger partial charge is 0.456 e. The zero-order valence-corrected chi connectivity index (χ0v) is 9.45. The van der Waals surface area contributed by atoms with Gasteiger partial charge in [-0.25, -0.2) is 4.79 Å². The van der Waals surface area contributed by atoms with Crippen LogP contribution in [-0.2, 0) is 4.74 Å². The third-order valence-electron chi connectivity index (χ3n) is 3.03. The first-order valence-electron chi connectivity index (χ1n) is 5.80. The molecular formula is C13H16O4. The Morgan fingerprint density at radius 2 is 1.88 bits per heavy atom. The Bertz CT molecular complexity index is 376. The zero-order valence-electron chi connectivity index (χ0n) is 9.45. The summed E-state index contributed by atoms with van der Waals surface area (Å²) in [4.78, 5) is 11.8. The van der Waals surface area contributed by atoms with Crippen LogP contribution in [0.1, 0.15) is 29.6 Å². The van der Waals surface area contributed by atoms with E-state index in [-0.39, 0.29) is 0 Å². The molecule has 0 amide bonds. The van der Waals surface area contributed by atoms with E-state index in [0.29, 0.717) is 18.4 Å². The fraction of sp³-hybridized carbons (Fsp3) is 0.462. The van der Waals surface area contributed by atoms with E-state index in [1.165, 1.54) is 0 Å². The number of aliphatic hydroxyl groups excluding tert-OH is 2. The Morgan fingerprint density at radius 3 is 2.59 bits per heavy atom. The maximum Gasteiger partial charge on any atom is 0.338 e. The van der Waals surface area contributed by atoms with Crippen LogP contribution in [0.3, 0.4) is 0 Å². The van der Waals surface area contributed by atoms with Crippen molar-refractivity contribution in [3.05, 3.63) is 35.9 Å². The van der Waals surface area contributed by atoms with E-state index >= 15 is 0 Å². The van der Waals surface area contributed by atoms with Crippen molar-refractivity contribution in [1.29, 1.82) is 0 Å². The molecule has 1 saturated carbocycles. The molecule has 1 aliphatic carbocycles. The third kappa shape index (κ3) is 2.84. The molecule has 1 aliphatic rings. The van der Waals surface area contributed by atoms with E-state index in [9.17, 15) is 15.0 Å². The number of esters is 1. The van der Waals surface area contributed by atoms with Crippen LogP contribution in [-0.4, -0.2) is 34.5 Å². The van der Waals surface area contributed by atoms with Crippen LogP contribution in [0.15, 0.2) is 30.3 Å². The highest BCUT2D eigenvalue weighted by atomic mass is 16.6. The molecule has 0 spiro atoms. The predicted molar refractivity (Wildman–Crippen MR) is 61.5 cm³/mol. The van der Waals surface area contributed by atoms with Crippen LogP contribution in [0.4, 0.5) is 0 Å². The van der Waals surface area contributed by atoms with Crippen molar-refractivity contribution in [2.24, 2.45) is 0 Å². The van der Waals surface area contributed by atoms with Crippen molar-refractivity contribution in [2.75, 3.05) is 0 Å². The fourth-order valence-electron chi connectivity index (χ4n) is 2.03. The summed E-state index contributed by atoms with van der Waals surface area (Å²) < 4.78 is 5.21. The maximum atomic E-state index is 11.8. The Balaban J connectivity index is 1.99. The van der Waals surface area contributed by atoms with Gasteiger partial charge in [0.05, 0.1) is 11.7 Å². The van der Waals surface area contributed by atoms with Crippen molar-refractivity contribution in [2.45, 2.75) is 37.6 Å². The van der Waals surface area contributed by atoms with Gasteiger partial charge in [-0.2, -0.15) is 0 Å². The first-order chi connectivity index (χ1) is 8.18. The standard InChI is InChI=1S/C13H16O4/c14-10-7-4-8-11(12(10)15)17-13(16)9-5-2-1-3-6-9/h1-3,5-6,10-12,14-15H,4,7-8H2/t10?,11-,12?/m1/s1. The van der Waals surface area contributed by atoms with Crippen LogP contribution in [0.5, 0.6) is 0 Å². The Hall–Kier alpha value is -1.39. The molecule has 0 radical (unpaired) electrons. The van der Waals surface area contributed by atoms with Gasteiger partial charge < -0.3 is 14.9 Å². The minimum atomic E-state index is -0.976. The molecule has 3 atom stereocenters. The van der Waals surface area contributed by atoms with Crippen molar-refractivity contribution in [3.8, 4) is 0 Å². The van der Waals surface area contributed by atoms with Crippen molar-refractivity contribution >= 4 is 5.97 Å². The van der Waals surface area contributed by atoms with Crippen molar-refractivity contribution < 1.29 is 19.7 Å². The summed E-state index contributed by atoms with van der Waals surface area (Å²) in [6.07, 6.45) is -0.470. The van der Waals surface area contributed by atoms with Gasteiger partial charge in [0.15, 0.2) is 0 Å².